The third-order valence-electron chi connectivity index (χ3n) is 1.67. The molecular formula is C7H10N4O4. The summed E-state index contributed by atoms with van der Waals surface area (Å²) < 4.78 is 1.40. The summed E-state index contributed by atoms with van der Waals surface area (Å²) >= 11 is 0. The molecule has 0 radical (unpaired) electrons. The number of nitrogens with one attached hydrogen (secondary N) is 1. The van der Waals surface area contributed by atoms with Gasteiger partial charge in [0, 0.05) is 13.1 Å². The molecule has 8 heteroatoms. The number of aryl methyl sites for hydroxylation is 1. The van der Waals surface area contributed by atoms with E-state index in [-0.39, 0.29) is 5.69 Å². The average molecular weight is 214 g/mol. The summed E-state index contributed by atoms with van der Waals surface area (Å²) in [5.41, 5.74) is -0.0683. The molecule has 0 unspecified atom stereocenters. The number of carboxylic acid groups (broad SMARTS) is 1. The van der Waals surface area contributed by atoms with Crippen molar-refractivity contribution in [2.75, 3.05) is 6.54 Å². The highest BCUT2D eigenvalue weighted by molar-refractivity contribution is 5.64. The third-order valence-corrected chi connectivity index (χ3v) is 1.67. The lowest BCUT2D eigenvalue weighted by atomic mass is 10.4. The number of amides is 1. The van der Waals surface area contributed by atoms with Gasteiger partial charge in [0.05, 0.1) is 4.92 Å². The predicted molar refractivity (Wildman–Crippen MR) is 49.5 cm³/mol. The second kappa shape index (κ2) is 4.94. The maximum atomic E-state index is 10.3. The fourth-order valence-corrected chi connectivity index (χ4v) is 1.01. The molecule has 82 valence electrons. The molecule has 0 fully saturated rings. The van der Waals surface area contributed by atoms with E-state index in [9.17, 15) is 14.9 Å². The predicted octanol–water partition coefficient (Wildman–Crippen LogP) is 0.449. The van der Waals surface area contributed by atoms with Crippen LogP contribution in [-0.4, -0.2) is 32.4 Å². The Kier molecular flexibility index (Phi) is 3.61. The van der Waals surface area contributed by atoms with Gasteiger partial charge in [-0.25, -0.2) is 4.79 Å². The third kappa shape index (κ3) is 3.63. The van der Waals surface area contributed by atoms with Crippen molar-refractivity contribution in [1.82, 2.24) is 15.1 Å². The van der Waals surface area contributed by atoms with Crippen LogP contribution in [0.3, 0.4) is 0 Å². The smallest absolute Gasteiger partial charge is 0.404 e. The van der Waals surface area contributed by atoms with E-state index in [1.165, 1.54) is 10.9 Å². The molecule has 0 aliphatic heterocycles. The second-order valence-electron chi connectivity index (χ2n) is 2.80. The summed E-state index contributed by atoms with van der Waals surface area (Å²) in [7, 11) is 0. The van der Waals surface area contributed by atoms with Crippen molar-refractivity contribution < 1.29 is 14.8 Å². The average Bonchev–Trinajstić information content (AvgIpc) is 2.60. The Balaban J connectivity index is 2.31. The molecule has 2 N–H and O–H groups in total. The van der Waals surface area contributed by atoms with E-state index in [4.69, 9.17) is 5.11 Å². The summed E-state index contributed by atoms with van der Waals surface area (Å²) in [5.74, 6) is 0. The normalized spacial score (nSPS) is 9.87. The number of carbonyl (C=O) groups is 1. The second-order valence-corrected chi connectivity index (χ2v) is 2.80. The largest absolute Gasteiger partial charge is 0.465 e. The number of rotatable bonds is 5. The maximum Gasteiger partial charge on any atom is 0.404 e. The van der Waals surface area contributed by atoms with Crippen molar-refractivity contribution in [2.24, 2.45) is 0 Å². The lowest BCUT2D eigenvalue weighted by molar-refractivity contribution is -0.385. The fourth-order valence-electron chi connectivity index (χ4n) is 1.01. The first kappa shape index (κ1) is 11.0. The van der Waals surface area contributed by atoms with E-state index in [0.29, 0.717) is 19.5 Å². The van der Waals surface area contributed by atoms with Gasteiger partial charge >= 0.3 is 11.8 Å². The van der Waals surface area contributed by atoms with Crippen molar-refractivity contribution in [3.8, 4) is 0 Å². The number of aromatic nitrogens is 2. The van der Waals surface area contributed by atoms with Gasteiger partial charge in [-0.05, 0) is 6.42 Å². The van der Waals surface area contributed by atoms with Gasteiger partial charge in [-0.3, -0.25) is 14.8 Å². The summed E-state index contributed by atoms with van der Waals surface area (Å²) in [4.78, 5) is 19.8. The van der Waals surface area contributed by atoms with E-state index in [1.54, 1.807) is 0 Å². The SMILES string of the molecule is O=C(O)NCCCn1cc([N+](=O)[O-])cn1. The highest BCUT2D eigenvalue weighted by Gasteiger charge is 2.07. The Labute approximate surface area is 84.7 Å². The van der Waals surface area contributed by atoms with Gasteiger partial charge in [-0.2, -0.15) is 5.10 Å². The first-order valence-electron chi connectivity index (χ1n) is 4.23. The van der Waals surface area contributed by atoms with Crippen molar-refractivity contribution in [1.29, 1.82) is 0 Å². The minimum Gasteiger partial charge on any atom is -0.465 e. The molecule has 1 aromatic rings. The number of nitro groups is 1. The summed E-state index contributed by atoms with van der Waals surface area (Å²) in [6, 6.07) is 0. The lowest BCUT2D eigenvalue weighted by Gasteiger charge is -2.00. The van der Waals surface area contributed by atoms with E-state index in [0.717, 1.165) is 6.20 Å². The monoisotopic (exact) mass is 214 g/mol. The first-order valence-corrected chi connectivity index (χ1v) is 4.23. The topological polar surface area (TPSA) is 110 Å². The Morgan fingerprint density at radius 3 is 3.00 bits per heavy atom. The Bertz CT molecular complexity index is 362. The van der Waals surface area contributed by atoms with Crippen LogP contribution in [0, 0.1) is 10.1 Å². The van der Waals surface area contributed by atoms with Crippen LogP contribution in [-0.2, 0) is 6.54 Å². The molecule has 0 aliphatic rings. The minimum atomic E-state index is -1.08. The number of nitrogens with zero attached hydrogens (tertiary/aromatic N) is 3. The van der Waals surface area contributed by atoms with Crippen LogP contribution in [0.2, 0.25) is 0 Å². The van der Waals surface area contributed by atoms with Crippen molar-refractivity contribution in [2.45, 2.75) is 13.0 Å². The van der Waals surface area contributed by atoms with Gasteiger partial charge in [-0.15, -0.1) is 0 Å². The standard InChI is InChI=1S/C7H10N4O4/c12-7(13)8-2-1-3-10-5-6(4-9-10)11(14)15/h4-5,8H,1-3H2,(H,12,13). The molecule has 0 aliphatic carbocycles. The van der Waals surface area contributed by atoms with Crippen LogP contribution in [0.15, 0.2) is 12.4 Å². The van der Waals surface area contributed by atoms with Crippen LogP contribution >= 0.6 is 0 Å². The Hall–Kier alpha value is -2.12. The molecule has 15 heavy (non-hydrogen) atoms. The molecular weight excluding hydrogens is 204 g/mol. The fraction of sp³-hybridized carbons (Fsp3) is 0.429. The molecule has 0 bridgehead atoms. The molecule has 0 saturated carbocycles. The Morgan fingerprint density at radius 1 is 1.73 bits per heavy atom. The molecule has 0 atom stereocenters. The zero-order valence-electron chi connectivity index (χ0n) is 7.79. The van der Waals surface area contributed by atoms with Gasteiger partial charge in [0.1, 0.15) is 12.4 Å². The quantitative estimate of drug-likeness (QED) is 0.420. The van der Waals surface area contributed by atoms with Gasteiger partial charge in [0.25, 0.3) is 0 Å². The van der Waals surface area contributed by atoms with E-state index < -0.39 is 11.0 Å². The van der Waals surface area contributed by atoms with Crippen molar-refractivity contribution in [3.05, 3.63) is 22.5 Å². The van der Waals surface area contributed by atoms with Crippen LogP contribution in [0.5, 0.6) is 0 Å². The maximum absolute atomic E-state index is 10.3. The van der Waals surface area contributed by atoms with E-state index in [2.05, 4.69) is 10.4 Å². The lowest BCUT2D eigenvalue weighted by Crippen LogP contribution is -2.22. The number of hydrogen-bond acceptors (Lipinski definition) is 4. The van der Waals surface area contributed by atoms with E-state index in [1.807, 2.05) is 0 Å². The van der Waals surface area contributed by atoms with Crippen LogP contribution in [0.4, 0.5) is 10.5 Å². The van der Waals surface area contributed by atoms with Crippen LogP contribution < -0.4 is 5.32 Å². The van der Waals surface area contributed by atoms with Gasteiger partial charge in [0.15, 0.2) is 0 Å². The summed E-state index contributed by atoms with van der Waals surface area (Å²) in [6.45, 7) is 0.733. The zero-order chi connectivity index (χ0) is 11.3. The van der Waals surface area contributed by atoms with Gasteiger partial charge < -0.3 is 10.4 Å². The molecule has 8 nitrogen and oxygen atoms in total. The van der Waals surface area contributed by atoms with Crippen LogP contribution in [0.1, 0.15) is 6.42 Å². The van der Waals surface area contributed by atoms with E-state index >= 15 is 0 Å². The number of hydrogen-bond donors (Lipinski definition) is 2. The molecule has 0 saturated heterocycles. The molecule has 0 aromatic carbocycles. The Morgan fingerprint density at radius 2 is 2.47 bits per heavy atom. The molecule has 1 heterocycles. The first-order chi connectivity index (χ1) is 7.09. The van der Waals surface area contributed by atoms with Crippen molar-refractivity contribution >= 4 is 11.8 Å². The van der Waals surface area contributed by atoms with Crippen LogP contribution in [0.25, 0.3) is 0 Å². The zero-order valence-corrected chi connectivity index (χ0v) is 7.79. The van der Waals surface area contributed by atoms with Crippen molar-refractivity contribution in [3.63, 3.8) is 0 Å². The molecule has 0 spiro atoms. The highest BCUT2D eigenvalue weighted by atomic mass is 16.6. The summed E-state index contributed by atoms with van der Waals surface area (Å²) in [6.07, 6.45) is 1.91. The van der Waals surface area contributed by atoms with Gasteiger partial charge in [-0.1, -0.05) is 0 Å². The van der Waals surface area contributed by atoms with Gasteiger partial charge in [0.2, 0.25) is 0 Å². The molecule has 1 amide bonds. The molecule has 1 aromatic heterocycles. The molecule has 1 rings (SSSR count). The minimum absolute atomic E-state index is 0.0683. The highest BCUT2D eigenvalue weighted by Crippen LogP contribution is 2.07. The summed E-state index contributed by atoms with van der Waals surface area (Å²) in [5, 5.41) is 24.5.